The minimum absolute atomic E-state index is 0.313. The van der Waals surface area contributed by atoms with Gasteiger partial charge in [0, 0.05) is 32.2 Å². The van der Waals surface area contributed by atoms with E-state index in [1.54, 1.807) is 0 Å². The SMILES string of the molecule is CCCN1CCN(c2cc(F)c(C(=O)O)cc2N)CC1. The second-order valence-corrected chi connectivity index (χ2v) is 5.02. The third kappa shape index (κ3) is 3.01. The molecule has 0 saturated carbocycles. The van der Waals surface area contributed by atoms with E-state index < -0.39 is 11.8 Å². The Morgan fingerprint density at radius 1 is 1.35 bits per heavy atom. The zero-order valence-electron chi connectivity index (χ0n) is 11.6. The number of nitrogen functional groups attached to an aromatic ring is 1. The molecule has 1 aliphatic rings. The van der Waals surface area contributed by atoms with E-state index in [-0.39, 0.29) is 5.56 Å². The molecule has 1 aromatic rings. The average molecular weight is 281 g/mol. The summed E-state index contributed by atoms with van der Waals surface area (Å²) in [5.74, 6) is -2.04. The van der Waals surface area contributed by atoms with Crippen LogP contribution in [0.25, 0.3) is 0 Å². The largest absolute Gasteiger partial charge is 0.478 e. The summed E-state index contributed by atoms with van der Waals surface area (Å²) in [6.07, 6.45) is 1.12. The molecule has 0 radical (unpaired) electrons. The molecule has 1 aliphatic heterocycles. The first-order valence-corrected chi connectivity index (χ1v) is 6.82. The zero-order chi connectivity index (χ0) is 14.7. The maximum absolute atomic E-state index is 13.8. The lowest BCUT2D eigenvalue weighted by Crippen LogP contribution is -2.46. The van der Waals surface area contributed by atoms with Crippen LogP contribution in [0.5, 0.6) is 0 Å². The van der Waals surface area contributed by atoms with Crippen LogP contribution in [0.15, 0.2) is 12.1 Å². The van der Waals surface area contributed by atoms with Crippen LogP contribution < -0.4 is 10.6 Å². The van der Waals surface area contributed by atoms with E-state index in [2.05, 4.69) is 11.8 Å². The first-order chi connectivity index (χ1) is 9.52. The minimum Gasteiger partial charge on any atom is -0.478 e. The quantitative estimate of drug-likeness (QED) is 0.821. The van der Waals surface area contributed by atoms with Crippen LogP contribution in [0.3, 0.4) is 0 Å². The minimum atomic E-state index is -1.30. The molecule has 20 heavy (non-hydrogen) atoms. The molecule has 0 aromatic heterocycles. The highest BCUT2D eigenvalue weighted by molar-refractivity contribution is 5.91. The Bertz CT molecular complexity index is 499. The summed E-state index contributed by atoms with van der Waals surface area (Å²) in [5.41, 5.74) is 6.39. The molecule has 0 atom stereocenters. The van der Waals surface area contributed by atoms with E-state index in [0.717, 1.165) is 39.1 Å². The average Bonchev–Trinajstić information content (AvgIpc) is 2.42. The van der Waals surface area contributed by atoms with E-state index in [1.165, 1.54) is 12.1 Å². The third-order valence-corrected chi connectivity index (χ3v) is 3.60. The number of carboxylic acids is 1. The van der Waals surface area contributed by atoms with E-state index >= 15 is 0 Å². The second kappa shape index (κ2) is 6.09. The molecule has 110 valence electrons. The van der Waals surface area contributed by atoms with Gasteiger partial charge in [0.15, 0.2) is 0 Å². The van der Waals surface area contributed by atoms with Gasteiger partial charge in [0.2, 0.25) is 0 Å². The highest BCUT2D eigenvalue weighted by Gasteiger charge is 2.21. The summed E-state index contributed by atoms with van der Waals surface area (Å²) in [7, 11) is 0. The van der Waals surface area contributed by atoms with Crippen LogP contribution in [-0.4, -0.2) is 48.7 Å². The van der Waals surface area contributed by atoms with Gasteiger partial charge in [0.1, 0.15) is 5.82 Å². The first kappa shape index (κ1) is 14.6. The highest BCUT2D eigenvalue weighted by atomic mass is 19.1. The lowest BCUT2D eigenvalue weighted by molar-refractivity contribution is 0.0692. The molecule has 0 amide bonds. The van der Waals surface area contributed by atoms with Gasteiger partial charge < -0.3 is 15.7 Å². The normalized spacial score (nSPS) is 16.4. The molecule has 1 saturated heterocycles. The molecular weight excluding hydrogens is 261 g/mol. The molecular formula is C14H20FN3O2. The maximum Gasteiger partial charge on any atom is 0.338 e. The molecule has 1 aromatic carbocycles. The van der Waals surface area contributed by atoms with Crippen LogP contribution in [0.2, 0.25) is 0 Å². The lowest BCUT2D eigenvalue weighted by Gasteiger charge is -2.36. The van der Waals surface area contributed by atoms with E-state index in [1.807, 2.05) is 4.90 Å². The standard InChI is InChI=1S/C14H20FN3O2/c1-2-3-17-4-6-18(7-5-17)13-9-11(15)10(14(19)20)8-12(13)16/h8-9H,2-7,16H2,1H3,(H,19,20). The lowest BCUT2D eigenvalue weighted by atomic mass is 10.1. The summed E-state index contributed by atoms with van der Waals surface area (Å²) in [6, 6.07) is 2.43. The fraction of sp³-hybridized carbons (Fsp3) is 0.500. The molecule has 2 rings (SSSR count). The van der Waals surface area contributed by atoms with Crippen LogP contribution in [0, 0.1) is 5.82 Å². The number of nitrogens with zero attached hydrogens (tertiary/aromatic N) is 2. The van der Waals surface area contributed by atoms with Gasteiger partial charge in [-0.15, -0.1) is 0 Å². The molecule has 0 aliphatic carbocycles. The van der Waals surface area contributed by atoms with E-state index in [0.29, 0.717) is 11.4 Å². The summed E-state index contributed by atoms with van der Waals surface area (Å²) < 4.78 is 13.8. The molecule has 6 heteroatoms. The van der Waals surface area contributed by atoms with Crippen molar-refractivity contribution in [1.82, 2.24) is 4.90 Å². The van der Waals surface area contributed by atoms with Gasteiger partial charge in [0.25, 0.3) is 0 Å². The summed E-state index contributed by atoms with van der Waals surface area (Å²) in [6.45, 7) is 6.58. The number of aromatic carboxylic acids is 1. The van der Waals surface area contributed by atoms with E-state index in [4.69, 9.17) is 10.8 Å². The van der Waals surface area contributed by atoms with Crippen LogP contribution in [0.4, 0.5) is 15.8 Å². The number of anilines is 2. The summed E-state index contributed by atoms with van der Waals surface area (Å²) in [5, 5.41) is 8.87. The smallest absolute Gasteiger partial charge is 0.338 e. The Morgan fingerprint density at radius 3 is 2.55 bits per heavy atom. The number of nitrogens with two attached hydrogens (primary N) is 1. The Balaban J connectivity index is 2.14. The van der Waals surface area contributed by atoms with Gasteiger partial charge in [-0.05, 0) is 19.0 Å². The number of benzene rings is 1. The van der Waals surface area contributed by atoms with Crippen molar-refractivity contribution in [1.29, 1.82) is 0 Å². The van der Waals surface area contributed by atoms with Gasteiger partial charge in [0.05, 0.1) is 16.9 Å². The molecule has 0 unspecified atom stereocenters. The molecule has 1 fully saturated rings. The number of hydrogen-bond acceptors (Lipinski definition) is 4. The number of carbonyl (C=O) groups is 1. The maximum atomic E-state index is 13.8. The molecule has 1 heterocycles. The fourth-order valence-corrected chi connectivity index (χ4v) is 2.55. The van der Waals surface area contributed by atoms with Crippen molar-refractivity contribution in [2.45, 2.75) is 13.3 Å². The topological polar surface area (TPSA) is 69.8 Å². The first-order valence-electron chi connectivity index (χ1n) is 6.82. The van der Waals surface area contributed by atoms with Crippen molar-refractivity contribution < 1.29 is 14.3 Å². The number of carboxylic acid groups (broad SMARTS) is 1. The molecule has 3 N–H and O–H groups in total. The highest BCUT2D eigenvalue weighted by Crippen LogP contribution is 2.27. The number of halogens is 1. The Labute approximate surface area is 117 Å². The summed E-state index contributed by atoms with van der Waals surface area (Å²) in [4.78, 5) is 15.2. The third-order valence-electron chi connectivity index (χ3n) is 3.60. The molecule has 0 bridgehead atoms. The predicted molar refractivity (Wildman–Crippen MR) is 76.7 cm³/mol. The number of rotatable bonds is 4. The summed E-state index contributed by atoms with van der Waals surface area (Å²) >= 11 is 0. The Hall–Kier alpha value is -1.82. The molecule has 0 spiro atoms. The van der Waals surface area contributed by atoms with Crippen LogP contribution >= 0.6 is 0 Å². The van der Waals surface area contributed by atoms with Crippen molar-refractivity contribution >= 4 is 17.3 Å². The van der Waals surface area contributed by atoms with Crippen molar-refractivity contribution in [2.24, 2.45) is 0 Å². The number of hydrogen-bond donors (Lipinski definition) is 2. The van der Waals surface area contributed by atoms with E-state index in [9.17, 15) is 9.18 Å². The second-order valence-electron chi connectivity index (χ2n) is 5.02. The number of piperazine rings is 1. The monoisotopic (exact) mass is 281 g/mol. The molecule has 5 nitrogen and oxygen atoms in total. The van der Waals surface area contributed by atoms with Crippen LogP contribution in [-0.2, 0) is 0 Å². The zero-order valence-corrected chi connectivity index (χ0v) is 11.6. The Kier molecular flexibility index (Phi) is 4.44. The van der Waals surface area contributed by atoms with Crippen molar-refractivity contribution in [2.75, 3.05) is 43.4 Å². The fourth-order valence-electron chi connectivity index (χ4n) is 2.55. The Morgan fingerprint density at radius 2 is 2.00 bits per heavy atom. The van der Waals surface area contributed by atoms with Gasteiger partial charge >= 0.3 is 5.97 Å². The van der Waals surface area contributed by atoms with Gasteiger partial charge in [-0.3, -0.25) is 4.90 Å². The van der Waals surface area contributed by atoms with Gasteiger partial charge in [-0.25, -0.2) is 9.18 Å². The van der Waals surface area contributed by atoms with Gasteiger partial charge in [-0.2, -0.15) is 0 Å². The van der Waals surface area contributed by atoms with Crippen molar-refractivity contribution in [3.8, 4) is 0 Å². The van der Waals surface area contributed by atoms with Crippen molar-refractivity contribution in [3.63, 3.8) is 0 Å². The predicted octanol–water partition coefficient (Wildman–Crippen LogP) is 1.64. The van der Waals surface area contributed by atoms with Gasteiger partial charge in [-0.1, -0.05) is 6.92 Å². The van der Waals surface area contributed by atoms with Crippen molar-refractivity contribution in [3.05, 3.63) is 23.5 Å². The van der Waals surface area contributed by atoms with Crippen LogP contribution in [0.1, 0.15) is 23.7 Å².